The maximum Gasteiger partial charge on any atom is 0.416 e. The molecule has 0 aliphatic heterocycles. The molecule has 1 heterocycles. The minimum atomic E-state index is -4.49. The van der Waals surface area contributed by atoms with Gasteiger partial charge in [0.1, 0.15) is 5.58 Å². The first-order valence-corrected chi connectivity index (χ1v) is 9.68. The Bertz CT molecular complexity index is 1450. The fraction of sp³-hybridized carbons (Fsp3) is 0.0435. The van der Waals surface area contributed by atoms with Crippen LogP contribution in [-0.2, 0) is 6.18 Å². The number of halogens is 3. The summed E-state index contributed by atoms with van der Waals surface area (Å²) in [6, 6.07) is 15.1. The van der Waals surface area contributed by atoms with E-state index in [4.69, 9.17) is 4.42 Å². The molecule has 0 radical (unpaired) electrons. The van der Waals surface area contributed by atoms with E-state index in [2.05, 4.69) is 10.6 Å². The molecule has 0 spiro atoms. The summed E-state index contributed by atoms with van der Waals surface area (Å²) in [7, 11) is 0. The van der Waals surface area contributed by atoms with Crippen molar-refractivity contribution in [2.24, 2.45) is 0 Å². The van der Waals surface area contributed by atoms with E-state index in [1.165, 1.54) is 18.2 Å². The number of fused-ring (bicyclic) bond motifs is 1. The zero-order chi connectivity index (χ0) is 24.5. The molecule has 8 nitrogen and oxygen atoms in total. The van der Waals surface area contributed by atoms with Crippen molar-refractivity contribution in [1.29, 1.82) is 0 Å². The summed E-state index contributed by atoms with van der Waals surface area (Å²) in [5.41, 5.74) is -0.284. The number of non-ortho nitro benzene ring substituents is 1. The number of hydrogen-bond donors (Lipinski definition) is 2. The summed E-state index contributed by atoms with van der Waals surface area (Å²) in [6.07, 6.45) is -4.49. The van der Waals surface area contributed by atoms with E-state index in [0.29, 0.717) is 16.8 Å². The highest BCUT2D eigenvalue weighted by atomic mass is 19.4. The van der Waals surface area contributed by atoms with Crippen molar-refractivity contribution in [2.75, 3.05) is 10.6 Å². The van der Waals surface area contributed by atoms with Crippen LogP contribution >= 0.6 is 0 Å². The minimum absolute atomic E-state index is 0.0549. The molecule has 0 saturated carbocycles. The second-order valence-corrected chi connectivity index (χ2v) is 7.15. The second-order valence-electron chi connectivity index (χ2n) is 7.15. The molecule has 4 aromatic rings. The standard InChI is InChI=1S/C23H14F3N3O5/c24-23(25,26)14-3-1-13(2-4-14)22(31)28-16-7-5-15(6-8-16)27-19-12-21(30)34-20-10-9-17(29(32)33)11-18(19)20/h1-12,27H,(H,28,31). The molecule has 0 bridgehead atoms. The number of alkyl halides is 3. The van der Waals surface area contributed by atoms with Gasteiger partial charge in [0.2, 0.25) is 0 Å². The largest absolute Gasteiger partial charge is 0.423 e. The molecule has 1 amide bonds. The van der Waals surface area contributed by atoms with Crippen LogP contribution in [0.15, 0.2) is 82.0 Å². The first-order chi connectivity index (χ1) is 16.1. The van der Waals surface area contributed by atoms with Gasteiger partial charge in [0.15, 0.2) is 0 Å². The first-order valence-electron chi connectivity index (χ1n) is 9.68. The van der Waals surface area contributed by atoms with E-state index in [1.807, 2.05) is 0 Å². The highest BCUT2D eigenvalue weighted by Crippen LogP contribution is 2.30. The van der Waals surface area contributed by atoms with Crippen molar-refractivity contribution in [3.05, 3.63) is 104 Å². The molecule has 3 aromatic carbocycles. The van der Waals surface area contributed by atoms with Crippen LogP contribution in [0, 0.1) is 10.1 Å². The molecule has 0 unspecified atom stereocenters. The van der Waals surface area contributed by atoms with Gasteiger partial charge in [-0.3, -0.25) is 14.9 Å². The van der Waals surface area contributed by atoms with Crippen LogP contribution in [0.2, 0.25) is 0 Å². The molecule has 172 valence electrons. The molecular weight excluding hydrogens is 455 g/mol. The summed E-state index contributed by atoms with van der Waals surface area (Å²) >= 11 is 0. The predicted molar refractivity (Wildman–Crippen MR) is 118 cm³/mol. The number of nitrogens with zero attached hydrogens (tertiary/aromatic N) is 1. The van der Waals surface area contributed by atoms with Crippen molar-refractivity contribution in [3.63, 3.8) is 0 Å². The minimum Gasteiger partial charge on any atom is -0.423 e. The quantitative estimate of drug-likeness (QED) is 0.220. The van der Waals surface area contributed by atoms with E-state index >= 15 is 0 Å². The van der Waals surface area contributed by atoms with Gasteiger partial charge in [0, 0.05) is 40.5 Å². The molecule has 1 aromatic heterocycles. The molecule has 0 atom stereocenters. The van der Waals surface area contributed by atoms with Crippen molar-refractivity contribution in [2.45, 2.75) is 6.18 Å². The smallest absolute Gasteiger partial charge is 0.416 e. The maximum atomic E-state index is 12.7. The zero-order valence-electron chi connectivity index (χ0n) is 17.1. The number of nitro groups is 1. The van der Waals surface area contributed by atoms with E-state index in [1.54, 1.807) is 24.3 Å². The van der Waals surface area contributed by atoms with Crippen LogP contribution < -0.4 is 16.3 Å². The second kappa shape index (κ2) is 8.70. The topological polar surface area (TPSA) is 114 Å². The fourth-order valence-electron chi connectivity index (χ4n) is 3.17. The van der Waals surface area contributed by atoms with Gasteiger partial charge in [-0.2, -0.15) is 13.2 Å². The molecule has 0 aliphatic carbocycles. The Morgan fingerprint density at radius 2 is 1.56 bits per heavy atom. The average molecular weight is 469 g/mol. The van der Waals surface area contributed by atoms with Crippen LogP contribution in [0.3, 0.4) is 0 Å². The monoisotopic (exact) mass is 469 g/mol. The van der Waals surface area contributed by atoms with Crippen LogP contribution in [0.5, 0.6) is 0 Å². The third kappa shape index (κ3) is 4.88. The Kier molecular flexibility index (Phi) is 5.76. The van der Waals surface area contributed by atoms with Crippen LogP contribution in [0.4, 0.5) is 35.9 Å². The zero-order valence-corrected chi connectivity index (χ0v) is 17.1. The Balaban J connectivity index is 1.52. The summed E-state index contributed by atoms with van der Waals surface area (Å²) in [4.78, 5) is 34.7. The summed E-state index contributed by atoms with van der Waals surface area (Å²) < 4.78 is 43.1. The highest BCUT2D eigenvalue weighted by Gasteiger charge is 2.30. The number of carbonyl (C=O) groups is 1. The van der Waals surface area contributed by atoms with Gasteiger partial charge < -0.3 is 15.1 Å². The summed E-state index contributed by atoms with van der Waals surface area (Å²) in [6.45, 7) is 0. The predicted octanol–water partition coefficient (Wildman–Crippen LogP) is 5.72. The third-order valence-corrected chi connectivity index (χ3v) is 4.83. The third-order valence-electron chi connectivity index (χ3n) is 4.83. The van der Waals surface area contributed by atoms with Gasteiger partial charge in [0.05, 0.1) is 16.2 Å². The first kappa shape index (κ1) is 22.5. The van der Waals surface area contributed by atoms with Crippen molar-refractivity contribution in [3.8, 4) is 0 Å². The Morgan fingerprint density at radius 1 is 0.912 bits per heavy atom. The van der Waals surface area contributed by atoms with E-state index in [0.717, 1.165) is 30.3 Å². The SMILES string of the molecule is O=C(Nc1ccc(Nc2cc(=O)oc3ccc([N+](=O)[O-])cc23)cc1)c1ccc(C(F)(F)F)cc1. The Hall–Kier alpha value is -4.67. The average Bonchev–Trinajstić information content (AvgIpc) is 2.79. The number of nitrogens with one attached hydrogen (secondary N) is 2. The lowest BCUT2D eigenvalue weighted by Crippen LogP contribution is -2.12. The molecule has 0 saturated heterocycles. The van der Waals surface area contributed by atoms with Crippen molar-refractivity contribution >= 4 is 39.6 Å². The van der Waals surface area contributed by atoms with Crippen LogP contribution in [-0.4, -0.2) is 10.8 Å². The molecule has 4 rings (SSSR count). The Morgan fingerprint density at radius 3 is 2.18 bits per heavy atom. The number of anilines is 3. The van der Waals surface area contributed by atoms with Crippen LogP contribution in [0.25, 0.3) is 11.0 Å². The fourth-order valence-corrected chi connectivity index (χ4v) is 3.17. The summed E-state index contributed by atoms with van der Waals surface area (Å²) in [5, 5.41) is 17.0. The van der Waals surface area contributed by atoms with Gasteiger partial charge in [-0.1, -0.05) is 0 Å². The molecule has 2 N–H and O–H groups in total. The molecule has 0 aliphatic rings. The van der Waals surface area contributed by atoms with Crippen molar-refractivity contribution < 1.29 is 27.3 Å². The normalized spacial score (nSPS) is 11.3. The van der Waals surface area contributed by atoms with Gasteiger partial charge in [0.25, 0.3) is 11.6 Å². The molecule has 34 heavy (non-hydrogen) atoms. The molecule has 11 heteroatoms. The van der Waals surface area contributed by atoms with E-state index in [9.17, 15) is 32.9 Å². The highest BCUT2D eigenvalue weighted by molar-refractivity contribution is 6.04. The maximum absolute atomic E-state index is 12.7. The van der Waals surface area contributed by atoms with E-state index < -0.39 is 28.2 Å². The lowest BCUT2D eigenvalue weighted by Gasteiger charge is -2.11. The summed E-state index contributed by atoms with van der Waals surface area (Å²) in [5.74, 6) is -0.589. The number of benzene rings is 3. The van der Waals surface area contributed by atoms with Crippen molar-refractivity contribution in [1.82, 2.24) is 0 Å². The van der Waals surface area contributed by atoms with Gasteiger partial charge in [-0.05, 0) is 54.6 Å². The Labute approximate surface area is 188 Å². The number of carbonyl (C=O) groups excluding carboxylic acids is 1. The molecular formula is C23H14F3N3O5. The van der Waals surface area contributed by atoms with Gasteiger partial charge in [-0.25, -0.2) is 4.79 Å². The number of rotatable bonds is 5. The number of amides is 1. The van der Waals surface area contributed by atoms with E-state index in [-0.39, 0.29) is 22.5 Å². The lowest BCUT2D eigenvalue weighted by atomic mass is 10.1. The molecule has 0 fully saturated rings. The van der Waals surface area contributed by atoms with Crippen LogP contribution in [0.1, 0.15) is 15.9 Å². The van der Waals surface area contributed by atoms with Gasteiger partial charge >= 0.3 is 11.8 Å². The number of nitro benzene ring substituents is 1. The van der Waals surface area contributed by atoms with Gasteiger partial charge in [-0.15, -0.1) is 0 Å². The number of hydrogen-bond acceptors (Lipinski definition) is 6. The lowest BCUT2D eigenvalue weighted by molar-refractivity contribution is -0.384.